The molecule has 1 aromatic heterocycles. The van der Waals surface area contributed by atoms with Gasteiger partial charge in [-0.2, -0.15) is 0 Å². The van der Waals surface area contributed by atoms with E-state index in [1.165, 1.54) is 82.8 Å². The van der Waals surface area contributed by atoms with Gasteiger partial charge in [0.1, 0.15) is 17.5 Å². The summed E-state index contributed by atoms with van der Waals surface area (Å²) in [4.78, 5) is 21.2. The lowest BCUT2D eigenvalue weighted by Gasteiger charge is -2.42. The normalized spacial score (nSPS) is 36.9. The van der Waals surface area contributed by atoms with E-state index in [2.05, 4.69) is 66.8 Å². The SMILES string of the molecule is C1=CC(c2nc(C3CC=CCC3)nc(C3CC=CC(C4C=C(C5=NCC(C6C=CCCC6)C(C6CC=CCC6)C5)CCC4)C3)n2)CCC1. The van der Waals surface area contributed by atoms with Crippen molar-refractivity contribution in [2.45, 2.75) is 133 Å². The molecule has 4 heteroatoms. The second kappa shape index (κ2) is 15.3. The molecule has 6 aliphatic carbocycles. The molecule has 0 saturated heterocycles. The number of hydrogen-bond donors (Lipinski definition) is 0. The maximum Gasteiger partial charge on any atom is 0.139 e. The van der Waals surface area contributed by atoms with Gasteiger partial charge < -0.3 is 0 Å². The number of hydrogen-bond acceptors (Lipinski definition) is 4. The molecule has 0 radical (unpaired) electrons. The molecule has 0 saturated carbocycles. The Balaban J connectivity index is 1.01. The number of rotatable bonds is 7. The zero-order chi connectivity index (χ0) is 32.1. The first-order valence-corrected chi connectivity index (χ1v) is 20.1. The summed E-state index contributed by atoms with van der Waals surface area (Å²) < 4.78 is 0. The Hall–Kier alpha value is -2.88. The van der Waals surface area contributed by atoms with Crippen molar-refractivity contribution in [3.63, 3.8) is 0 Å². The third kappa shape index (κ3) is 7.34. The lowest BCUT2D eigenvalue weighted by molar-refractivity contribution is 0.167. The van der Waals surface area contributed by atoms with Gasteiger partial charge in [-0.3, -0.25) is 4.99 Å². The second-order valence-corrected chi connectivity index (χ2v) is 16.3. The van der Waals surface area contributed by atoms with Crippen LogP contribution in [0.1, 0.15) is 151 Å². The van der Waals surface area contributed by atoms with Crippen LogP contribution in [0.5, 0.6) is 0 Å². The zero-order valence-electron chi connectivity index (χ0n) is 29.3. The molecule has 0 N–H and O–H groups in total. The first kappa shape index (κ1) is 32.3. The summed E-state index contributed by atoms with van der Waals surface area (Å²) in [5.41, 5.74) is 3.07. The van der Waals surface area contributed by atoms with E-state index < -0.39 is 0 Å². The summed E-state index contributed by atoms with van der Waals surface area (Å²) in [6.07, 6.45) is 49.0. The Labute approximate surface area is 290 Å². The molecule has 1 aliphatic heterocycles. The van der Waals surface area contributed by atoms with E-state index in [0.717, 1.165) is 86.2 Å². The fourth-order valence-corrected chi connectivity index (χ4v) is 10.4. The Kier molecular flexibility index (Phi) is 10.3. The highest BCUT2D eigenvalue weighted by Gasteiger charge is 2.38. The molecule has 9 unspecified atom stereocenters. The van der Waals surface area contributed by atoms with Gasteiger partial charge in [0, 0.05) is 30.0 Å². The largest absolute Gasteiger partial charge is 0.289 e. The highest BCUT2D eigenvalue weighted by molar-refractivity contribution is 6.00. The van der Waals surface area contributed by atoms with Crippen LogP contribution in [0.15, 0.2) is 77.4 Å². The fraction of sp³-hybridized carbons (Fsp3) is 0.636. The molecule has 254 valence electrons. The molecule has 0 amide bonds. The van der Waals surface area contributed by atoms with Crippen LogP contribution in [0.4, 0.5) is 0 Å². The summed E-state index contributed by atoms with van der Waals surface area (Å²) in [6, 6.07) is 0. The molecule has 0 fully saturated rings. The van der Waals surface area contributed by atoms with Gasteiger partial charge in [-0.15, -0.1) is 0 Å². The highest BCUT2D eigenvalue weighted by Crippen LogP contribution is 2.45. The van der Waals surface area contributed by atoms with E-state index >= 15 is 0 Å². The minimum atomic E-state index is 0.343. The van der Waals surface area contributed by atoms with Gasteiger partial charge in [0.15, 0.2) is 0 Å². The number of aromatic nitrogens is 3. The number of aliphatic imine (C=N–C) groups is 1. The molecule has 9 atom stereocenters. The Morgan fingerprint density at radius 1 is 0.542 bits per heavy atom. The first-order chi connectivity index (χ1) is 23.8. The van der Waals surface area contributed by atoms with Crippen molar-refractivity contribution in [3.05, 3.63) is 89.9 Å². The van der Waals surface area contributed by atoms with E-state index in [1.54, 1.807) is 5.57 Å². The predicted octanol–water partition coefficient (Wildman–Crippen LogP) is 11.1. The third-order valence-electron chi connectivity index (χ3n) is 13.2. The molecule has 4 nitrogen and oxygen atoms in total. The fourth-order valence-electron chi connectivity index (χ4n) is 10.4. The van der Waals surface area contributed by atoms with Gasteiger partial charge in [0.05, 0.1) is 0 Å². The van der Waals surface area contributed by atoms with Crippen molar-refractivity contribution in [3.8, 4) is 0 Å². The highest BCUT2D eigenvalue weighted by atomic mass is 15.0. The maximum atomic E-state index is 5.45. The molecule has 0 bridgehead atoms. The van der Waals surface area contributed by atoms with Crippen LogP contribution in [0.3, 0.4) is 0 Å². The average Bonchev–Trinajstić information content (AvgIpc) is 3.19. The van der Waals surface area contributed by atoms with Crippen LogP contribution in [-0.4, -0.2) is 27.2 Å². The Morgan fingerprint density at radius 3 is 2.06 bits per heavy atom. The summed E-state index contributed by atoms with van der Waals surface area (Å²) in [7, 11) is 0. The molecule has 2 heterocycles. The lowest BCUT2D eigenvalue weighted by atomic mass is 9.65. The van der Waals surface area contributed by atoms with Gasteiger partial charge >= 0.3 is 0 Å². The lowest BCUT2D eigenvalue weighted by Crippen LogP contribution is -2.37. The summed E-state index contributed by atoms with van der Waals surface area (Å²) in [5, 5.41) is 0. The minimum Gasteiger partial charge on any atom is -0.289 e. The van der Waals surface area contributed by atoms with Crippen LogP contribution >= 0.6 is 0 Å². The zero-order valence-corrected chi connectivity index (χ0v) is 29.3. The van der Waals surface area contributed by atoms with Crippen LogP contribution < -0.4 is 0 Å². The van der Waals surface area contributed by atoms with E-state index in [-0.39, 0.29) is 0 Å². The molecular weight excluding hydrogens is 585 g/mol. The number of allylic oxidation sites excluding steroid dienone is 12. The van der Waals surface area contributed by atoms with E-state index in [9.17, 15) is 0 Å². The predicted molar refractivity (Wildman–Crippen MR) is 198 cm³/mol. The maximum absolute atomic E-state index is 5.45. The van der Waals surface area contributed by atoms with Gasteiger partial charge in [-0.05, 0) is 157 Å². The minimum absolute atomic E-state index is 0.343. The van der Waals surface area contributed by atoms with Gasteiger partial charge in [-0.25, -0.2) is 15.0 Å². The third-order valence-corrected chi connectivity index (χ3v) is 13.2. The molecule has 48 heavy (non-hydrogen) atoms. The van der Waals surface area contributed by atoms with Gasteiger partial charge in [0.2, 0.25) is 0 Å². The number of nitrogens with zero attached hydrogens (tertiary/aromatic N) is 4. The van der Waals surface area contributed by atoms with Gasteiger partial charge in [-0.1, -0.05) is 66.8 Å². The van der Waals surface area contributed by atoms with E-state index in [1.807, 2.05) is 0 Å². The molecule has 0 aromatic carbocycles. The molecule has 8 rings (SSSR count). The molecule has 0 spiro atoms. The molecule has 1 aromatic rings. The average molecular weight is 643 g/mol. The quantitative estimate of drug-likeness (QED) is 0.278. The van der Waals surface area contributed by atoms with Crippen LogP contribution in [-0.2, 0) is 0 Å². The summed E-state index contributed by atoms with van der Waals surface area (Å²) in [5.74, 6) is 8.54. The topological polar surface area (TPSA) is 51.0 Å². The van der Waals surface area contributed by atoms with Crippen LogP contribution in [0.25, 0.3) is 0 Å². The van der Waals surface area contributed by atoms with Gasteiger partial charge in [0.25, 0.3) is 0 Å². The molecular formula is C44H58N4. The van der Waals surface area contributed by atoms with Crippen LogP contribution in [0, 0.1) is 35.5 Å². The Bertz CT molecular complexity index is 1490. The van der Waals surface area contributed by atoms with Crippen molar-refractivity contribution in [1.29, 1.82) is 0 Å². The first-order valence-electron chi connectivity index (χ1n) is 20.1. The summed E-state index contributed by atoms with van der Waals surface area (Å²) >= 11 is 0. The van der Waals surface area contributed by atoms with E-state index in [4.69, 9.17) is 19.9 Å². The standard InChI is InChI=1S/C44H58N4/c1-5-15-31(16-6-1)39-29-41(45-30-40(39)32-17-7-2-8-18-32)37-25-13-23-35(27-37)36-24-14-26-38(28-36)44-47-42(33-19-9-3-10-20-33)46-43(48-44)34-21-11-4-12-22-34/h1,3,5,7,9,11,14,17,21,24,27,31-36,38-40H,2,4,6,8,10,12-13,15-16,18-20,22-23,25-26,28-30H2. The smallest absolute Gasteiger partial charge is 0.139 e. The van der Waals surface area contributed by atoms with Crippen molar-refractivity contribution in [1.82, 2.24) is 15.0 Å². The van der Waals surface area contributed by atoms with Crippen molar-refractivity contribution in [2.75, 3.05) is 6.54 Å². The van der Waals surface area contributed by atoms with E-state index in [0.29, 0.717) is 29.6 Å². The second-order valence-electron chi connectivity index (χ2n) is 16.3. The van der Waals surface area contributed by atoms with Crippen molar-refractivity contribution >= 4 is 5.71 Å². The Morgan fingerprint density at radius 2 is 1.29 bits per heavy atom. The molecule has 7 aliphatic rings. The summed E-state index contributed by atoms with van der Waals surface area (Å²) in [6.45, 7) is 1.04. The van der Waals surface area contributed by atoms with Crippen molar-refractivity contribution in [2.24, 2.45) is 40.5 Å². The monoisotopic (exact) mass is 642 g/mol. The van der Waals surface area contributed by atoms with Crippen LogP contribution in [0.2, 0.25) is 0 Å². The van der Waals surface area contributed by atoms with Crippen molar-refractivity contribution < 1.29 is 0 Å².